The highest BCUT2D eigenvalue weighted by Gasteiger charge is 2.25. The molecule has 0 spiro atoms. The van der Waals surface area contributed by atoms with Crippen LogP contribution in [0.2, 0.25) is 0 Å². The molecular formula is C16H25N5O3S. The first-order valence-electron chi connectivity index (χ1n) is 8.45. The summed E-state index contributed by atoms with van der Waals surface area (Å²) in [6.07, 6.45) is 3.20. The molecule has 1 N–H and O–H groups in total. The fraction of sp³-hybridized carbons (Fsp3) is 0.625. The topological polar surface area (TPSA) is 93.3 Å². The van der Waals surface area contributed by atoms with Crippen molar-refractivity contribution in [2.75, 3.05) is 25.9 Å². The Labute approximate surface area is 148 Å². The maximum atomic E-state index is 11.7. The zero-order valence-corrected chi connectivity index (χ0v) is 15.7. The Kier molecular flexibility index (Phi) is 5.26. The van der Waals surface area contributed by atoms with Gasteiger partial charge in [-0.05, 0) is 44.4 Å². The number of nitrogens with one attached hydrogen (secondary N) is 1. The Morgan fingerprint density at radius 1 is 1.36 bits per heavy atom. The number of aromatic nitrogens is 3. The summed E-state index contributed by atoms with van der Waals surface area (Å²) in [6.45, 7) is 4.42. The number of aryl methyl sites for hydroxylation is 1. The first kappa shape index (κ1) is 18.1. The number of hydrogen-bond acceptors (Lipinski definition) is 6. The number of rotatable bonds is 6. The van der Waals surface area contributed by atoms with Gasteiger partial charge in [-0.2, -0.15) is 0 Å². The van der Waals surface area contributed by atoms with Crippen molar-refractivity contribution < 1.29 is 12.8 Å². The molecule has 0 bridgehead atoms. The number of piperidine rings is 1. The van der Waals surface area contributed by atoms with Crippen molar-refractivity contribution in [3.8, 4) is 11.6 Å². The number of hydrogen-bond donors (Lipinski definition) is 1. The van der Waals surface area contributed by atoms with E-state index in [-0.39, 0.29) is 0 Å². The molecular weight excluding hydrogens is 342 g/mol. The monoisotopic (exact) mass is 367 g/mol. The summed E-state index contributed by atoms with van der Waals surface area (Å²) in [5.41, 5.74) is 2.02. The third kappa shape index (κ3) is 4.28. The van der Waals surface area contributed by atoms with E-state index in [1.807, 2.05) is 30.7 Å². The van der Waals surface area contributed by atoms with E-state index >= 15 is 0 Å². The maximum Gasteiger partial charge on any atom is 0.264 e. The molecule has 0 aliphatic carbocycles. The van der Waals surface area contributed by atoms with Crippen LogP contribution in [0.3, 0.4) is 0 Å². The molecule has 3 rings (SSSR count). The van der Waals surface area contributed by atoms with Gasteiger partial charge in [0.25, 0.3) is 5.89 Å². The first-order chi connectivity index (χ1) is 11.8. The fourth-order valence-electron chi connectivity index (χ4n) is 3.13. The number of nitrogens with zero attached hydrogens (tertiary/aromatic N) is 4. The van der Waals surface area contributed by atoms with Crippen LogP contribution in [-0.2, 0) is 23.6 Å². The van der Waals surface area contributed by atoms with Gasteiger partial charge in [-0.1, -0.05) is 0 Å². The third-order valence-electron chi connectivity index (χ3n) is 4.72. The highest BCUT2D eigenvalue weighted by Crippen LogP contribution is 2.20. The minimum Gasteiger partial charge on any atom is -0.418 e. The van der Waals surface area contributed by atoms with E-state index in [1.165, 1.54) is 6.26 Å². The molecule has 9 heteroatoms. The van der Waals surface area contributed by atoms with Crippen molar-refractivity contribution in [1.82, 2.24) is 24.4 Å². The van der Waals surface area contributed by atoms with Crippen molar-refractivity contribution in [3.63, 3.8) is 0 Å². The second-order valence-corrected chi connectivity index (χ2v) is 8.66. The molecule has 0 saturated carbocycles. The fourth-order valence-corrected chi connectivity index (χ4v) is 4.08. The van der Waals surface area contributed by atoms with Gasteiger partial charge in [-0.25, -0.2) is 12.7 Å². The van der Waals surface area contributed by atoms with Gasteiger partial charge in [-0.15, -0.1) is 10.2 Å². The Morgan fingerprint density at radius 2 is 2.16 bits per heavy atom. The van der Waals surface area contributed by atoms with Crippen LogP contribution in [0.4, 0.5) is 0 Å². The SMILES string of the molecule is Cc1ccc(-c2nnc(CNCC3CCCN(S(C)(=O)=O)C3)o2)n1C. The van der Waals surface area contributed by atoms with Crippen molar-refractivity contribution in [2.24, 2.45) is 13.0 Å². The predicted molar refractivity (Wildman–Crippen MR) is 94.3 cm³/mol. The minimum absolute atomic E-state index is 0.307. The second-order valence-electron chi connectivity index (χ2n) is 6.68. The van der Waals surface area contributed by atoms with E-state index in [2.05, 4.69) is 15.5 Å². The van der Waals surface area contributed by atoms with Crippen molar-refractivity contribution in [1.29, 1.82) is 0 Å². The average molecular weight is 367 g/mol. The minimum atomic E-state index is -3.10. The van der Waals surface area contributed by atoms with Crippen LogP contribution < -0.4 is 5.32 Å². The van der Waals surface area contributed by atoms with Crippen LogP contribution in [0.1, 0.15) is 24.4 Å². The van der Waals surface area contributed by atoms with E-state index in [9.17, 15) is 8.42 Å². The molecule has 3 heterocycles. The molecule has 1 atom stereocenters. The van der Waals surface area contributed by atoms with E-state index in [0.717, 1.165) is 30.8 Å². The van der Waals surface area contributed by atoms with Crippen molar-refractivity contribution in [2.45, 2.75) is 26.3 Å². The summed E-state index contributed by atoms with van der Waals surface area (Å²) in [5, 5.41) is 11.5. The van der Waals surface area contributed by atoms with Gasteiger partial charge in [0.1, 0.15) is 5.69 Å². The molecule has 1 saturated heterocycles. The molecule has 0 aromatic carbocycles. The molecule has 1 fully saturated rings. The lowest BCUT2D eigenvalue weighted by Gasteiger charge is -2.30. The maximum absolute atomic E-state index is 11.7. The van der Waals surface area contributed by atoms with Gasteiger partial charge in [0.05, 0.1) is 12.8 Å². The van der Waals surface area contributed by atoms with E-state index in [0.29, 0.717) is 37.3 Å². The summed E-state index contributed by atoms with van der Waals surface area (Å²) >= 11 is 0. The van der Waals surface area contributed by atoms with Crippen LogP contribution in [0.25, 0.3) is 11.6 Å². The van der Waals surface area contributed by atoms with Crippen molar-refractivity contribution in [3.05, 3.63) is 23.7 Å². The van der Waals surface area contributed by atoms with Crippen LogP contribution in [0.5, 0.6) is 0 Å². The molecule has 2 aromatic rings. The van der Waals surface area contributed by atoms with Gasteiger partial charge in [0.2, 0.25) is 15.9 Å². The summed E-state index contributed by atoms with van der Waals surface area (Å²) in [4.78, 5) is 0. The molecule has 0 radical (unpaired) electrons. The predicted octanol–water partition coefficient (Wildman–Crippen LogP) is 1.14. The third-order valence-corrected chi connectivity index (χ3v) is 5.99. The van der Waals surface area contributed by atoms with Gasteiger partial charge in [0, 0.05) is 25.8 Å². The molecule has 2 aromatic heterocycles. The molecule has 1 unspecified atom stereocenters. The quantitative estimate of drug-likeness (QED) is 0.823. The van der Waals surface area contributed by atoms with Crippen LogP contribution >= 0.6 is 0 Å². The highest BCUT2D eigenvalue weighted by atomic mass is 32.2. The lowest BCUT2D eigenvalue weighted by Crippen LogP contribution is -2.42. The Hall–Kier alpha value is -1.71. The average Bonchev–Trinajstić information content (AvgIpc) is 3.15. The highest BCUT2D eigenvalue weighted by molar-refractivity contribution is 7.88. The van der Waals surface area contributed by atoms with Gasteiger partial charge < -0.3 is 14.3 Å². The Morgan fingerprint density at radius 3 is 2.84 bits per heavy atom. The summed E-state index contributed by atoms with van der Waals surface area (Å²) < 4.78 is 32.6. The zero-order chi connectivity index (χ0) is 18.0. The van der Waals surface area contributed by atoms with Crippen LogP contribution in [0, 0.1) is 12.8 Å². The Bertz CT molecular complexity index is 827. The molecule has 0 amide bonds. The molecule has 138 valence electrons. The second kappa shape index (κ2) is 7.27. The van der Waals surface area contributed by atoms with Crippen molar-refractivity contribution >= 4 is 10.0 Å². The summed E-state index contributed by atoms with van der Waals surface area (Å²) in [6, 6.07) is 3.97. The molecule has 1 aliphatic rings. The lowest BCUT2D eigenvalue weighted by atomic mass is 10.00. The number of sulfonamides is 1. The van der Waals surface area contributed by atoms with E-state index in [4.69, 9.17) is 4.42 Å². The smallest absolute Gasteiger partial charge is 0.264 e. The molecule has 8 nitrogen and oxygen atoms in total. The first-order valence-corrected chi connectivity index (χ1v) is 10.3. The van der Waals surface area contributed by atoms with Crippen LogP contribution in [0.15, 0.2) is 16.5 Å². The zero-order valence-electron chi connectivity index (χ0n) is 14.9. The normalized spacial score (nSPS) is 19.4. The summed E-state index contributed by atoms with van der Waals surface area (Å²) in [5.74, 6) is 1.35. The largest absolute Gasteiger partial charge is 0.418 e. The molecule has 1 aliphatic heterocycles. The van der Waals surface area contributed by atoms with Gasteiger partial charge >= 0.3 is 0 Å². The van der Waals surface area contributed by atoms with Crippen LogP contribution in [-0.4, -0.2) is 53.4 Å². The lowest BCUT2D eigenvalue weighted by molar-refractivity contribution is 0.259. The molecule has 25 heavy (non-hydrogen) atoms. The van der Waals surface area contributed by atoms with E-state index < -0.39 is 10.0 Å². The Balaban J connectivity index is 1.52. The van der Waals surface area contributed by atoms with E-state index in [1.54, 1.807) is 4.31 Å². The van der Waals surface area contributed by atoms with Gasteiger partial charge in [-0.3, -0.25) is 0 Å². The summed E-state index contributed by atoms with van der Waals surface area (Å²) in [7, 11) is -1.14. The van der Waals surface area contributed by atoms with Gasteiger partial charge in [0.15, 0.2) is 0 Å². The standard InChI is InChI=1S/C16H25N5O3S/c1-12-6-7-14(20(12)2)16-19-18-15(24-16)10-17-9-13-5-4-8-21(11-13)25(3,22)23/h6-7,13,17H,4-5,8-11H2,1-3H3.